The minimum Gasteiger partial charge on any atom is -0.457 e. The Morgan fingerprint density at radius 1 is 0.812 bits per heavy atom. The van der Waals surface area contributed by atoms with Gasteiger partial charge in [0, 0.05) is 28.0 Å². The highest BCUT2D eigenvalue weighted by atomic mass is 79.9. The SMILES string of the molecule is Nc1cc(N)cc(Oc2ccc(Br)cc2)c1. The van der Waals surface area contributed by atoms with Gasteiger partial charge in [0.05, 0.1) is 0 Å². The fraction of sp³-hybridized carbons (Fsp3) is 0. The minimum absolute atomic E-state index is 0.590. The molecule has 0 aliphatic carbocycles. The van der Waals surface area contributed by atoms with Crippen molar-refractivity contribution in [2.24, 2.45) is 0 Å². The number of rotatable bonds is 2. The summed E-state index contributed by atoms with van der Waals surface area (Å²) in [5, 5.41) is 0. The van der Waals surface area contributed by atoms with E-state index in [0.29, 0.717) is 17.1 Å². The Bertz CT molecular complexity index is 477. The number of hydrogen-bond donors (Lipinski definition) is 2. The van der Waals surface area contributed by atoms with Gasteiger partial charge < -0.3 is 16.2 Å². The topological polar surface area (TPSA) is 61.3 Å². The number of halogens is 1. The van der Waals surface area contributed by atoms with Crippen LogP contribution in [0.3, 0.4) is 0 Å². The first-order chi connectivity index (χ1) is 7.63. The van der Waals surface area contributed by atoms with E-state index in [-0.39, 0.29) is 0 Å². The zero-order valence-electron chi connectivity index (χ0n) is 8.48. The number of benzene rings is 2. The summed E-state index contributed by atoms with van der Waals surface area (Å²) in [5.74, 6) is 1.38. The van der Waals surface area contributed by atoms with Crippen molar-refractivity contribution in [3.63, 3.8) is 0 Å². The first-order valence-electron chi connectivity index (χ1n) is 4.73. The Kier molecular flexibility index (Phi) is 3.01. The highest BCUT2D eigenvalue weighted by Crippen LogP contribution is 2.26. The molecule has 3 nitrogen and oxygen atoms in total. The second-order valence-corrected chi connectivity index (χ2v) is 4.31. The van der Waals surface area contributed by atoms with E-state index in [4.69, 9.17) is 16.2 Å². The van der Waals surface area contributed by atoms with Gasteiger partial charge in [-0.2, -0.15) is 0 Å². The van der Waals surface area contributed by atoms with Gasteiger partial charge in [-0.25, -0.2) is 0 Å². The van der Waals surface area contributed by atoms with Crippen LogP contribution in [0.1, 0.15) is 0 Å². The molecule has 0 aromatic heterocycles. The van der Waals surface area contributed by atoms with Crippen LogP contribution >= 0.6 is 15.9 Å². The molecule has 2 aromatic rings. The minimum atomic E-state index is 0.590. The summed E-state index contributed by atoms with van der Waals surface area (Å²) in [6.07, 6.45) is 0. The molecule has 0 saturated carbocycles. The monoisotopic (exact) mass is 278 g/mol. The maximum Gasteiger partial charge on any atom is 0.131 e. The van der Waals surface area contributed by atoms with E-state index in [9.17, 15) is 0 Å². The van der Waals surface area contributed by atoms with E-state index < -0.39 is 0 Å². The number of ether oxygens (including phenoxy) is 1. The first-order valence-corrected chi connectivity index (χ1v) is 5.52. The van der Waals surface area contributed by atoms with Crippen LogP contribution in [-0.4, -0.2) is 0 Å². The van der Waals surface area contributed by atoms with Crippen molar-refractivity contribution in [3.8, 4) is 11.5 Å². The van der Waals surface area contributed by atoms with Crippen LogP contribution in [-0.2, 0) is 0 Å². The molecule has 0 aliphatic rings. The zero-order valence-corrected chi connectivity index (χ0v) is 10.1. The van der Waals surface area contributed by atoms with Crippen molar-refractivity contribution in [3.05, 3.63) is 46.9 Å². The van der Waals surface area contributed by atoms with Gasteiger partial charge >= 0.3 is 0 Å². The normalized spacial score (nSPS) is 10.1. The highest BCUT2D eigenvalue weighted by Gasteiger charge is 1.99. The van der Waals surface area contributed by atoms with Gasteiger partial charge in [0.25, 0.3) is 0 Å². The van der Waals surface area contributed by atoms with E-state index >= 15 is 0 Å². The third-order valence-electron chi connectivity index (χ3n) is 2.00. The fourth-order valence-electron chi connectivity index (χ4n) is 1.34. The number of nitrogen functional groups attached to an aromatic ring is 2. The van der Waals surface area contributed by atoms with Gasteiger partial charge in [-0.15, -0.1) is 0 Å². The Balaban J connectivity index is 2.23. The standard InChI is InChI=1S/C12H11BrN2O/c13-8-1-3-11(4-2-8)16-12-6-9(14)5-10(15)7-12/h1-7H,14-15H2. The molecule has 0 fully saturated rings. The van der Waals surface area contributed by atoms with Crippen LogP contribution in [0, 0.1) is 0 Å². The van der Waals surface area contributed by atoms with E-state index in [1.54, 1.807) is 18.2 Å². The van der Waals surface area contributed by atoms with E-state index in [2.05, 4.69) is 15.9 Å². The van der Waals surface area contributed by atoms with Crippen LogP contribution in [0.2, 0.25) is 0 Å². The smallest absolute Gasteiger partial charge is 0.131 e. The average Bonchev–Trinajstić information content (AvgIpc) is 2.20. The zero-order chi connectivity index (χ0) is 11.5. The van der Waals surface area contributed by atoms with Crippen molar-refractivity contribution < 1.29 is 4.74 Å². The molecule has 16 heavy (non-hydrogen) atoms. The molecule has 0 radical (unpaired) electrons. The van der Waals surface area contributed by atoms with Crippen LogP contribution in [0.15, 0.2) is 46.9 Å². The van der Waals surface area contributed by atoms with Crippen LogP contribution in [0.25, 0.3) is 0 Å². The molecular formula is C12H11BrN2O. The Morgan fingerprint density at radius 2 is 1.38 bits per heavy atom. The van der Waals surface area contributed by atoms with E-state index in [1.165, 1.54) is 0 Å². The summed E-state index contributed by atoms with van der Waals surface area (Å²) in [5.41, 5.74) is 12.5. The van der Waals surface area contributed by atoms with E-state index in [0.717, 1.165) is 10.2 Å². The van der Waals surface area contributed by atoms with Crippen molar-refractivity contribution in [1.29, 1.82) is 0 Å². The molecule has 4 N–H and O–H groups in total. The molecule has 0 spiro atoms. The summed E-state index contributed by atoms with van der Waals surface area (Å²) in [4.78, 5) is 0. The van der Waals surface area contributed by atoms with Crippen molar-refractivity contribution >= 4 is 27.3 Å². The van der Waals surface area contributed by atoms with Crippen LogP contribution in [0.4, 0.5) is 11.4 Å². The number of hydrogen-bond acceptors (Lipinski definition) is 3. The van der Waals surface area contributed by atoms with Crippen molar-refractivity contribution in [2.45, 2.75) is 0 Å². The van der Waals surface area contributed by atoms with Gasteiger partial charge in [-0.1, -0.05) is 15.9 Å². The predicted molar refractivity (Wildman–Crippen MR) is 69.5 cm³/mol. The summed E-state index contributed by atoms with van der Waals surface area (Å²) < 4.78 is 6.62. The number of nitrogens with two attached hydrogens (primary N) is 2. The molecule has 2 rings (SSSR count). The summed E-state index contributed by atoms with van der Waals surface area (Å²) in [7, 11) is 0. The van der Waals surface area contributed by atoms with E-state index in [1.807, 2.05) is 24.3 Å². The predicted octanol–water partition coefficient (Wildman–Crippen LogP) is 3.41. The molecule has 2 aromatic carbocycles. The third-order valence-corrected chi connectivity index (χ3v) is 2.53. The number of anilines is 2. The van der Waals surface area contributed by atoms with Gasteiger partial charge in [0.2, 0.25) is 0 Å². The largest absolute Gasteiger partial charge is 0.457 e. The van der Waals surface area contributed by atoms with Crippen molar-refractivity contribution in [2.75, 3.05) is 11.5 Å². The maximum atomic E-state index is 5.67. The molecule has 0 bridgehead atoms. The molecule has 0 atom stereocenters. The summed E-state index contributed by atoms with van der Waals surface area (Å²) in [6.45, 7) is 0. The summed E-state index contributed by atoms with van der Waals surface area (Å²) in [6, 6.07) is 12.7. The molecule has 0 unspecified atom stereocenters. The Labute approximate surface area is 102 Å². The molecular weight excluding hydrogens is 268 g/mol. The second kappa shape index (κ2) is 4.45. The molecule has 0 amide bonds. The fourth-order valence-corrected chi connectivity index (χ4v) is 1.61. The lowest BCUT2D eigenvalue weighted by Gasteiger charge is -2.07. The van der Waals surface area contributed by atoms with Gasteiger partial charge in [0.15, 0.2) is 0 Å². The lowest BCUT2D eigenvalue weighted by molar-refractivity contribution is 0.483. The molecule has 0 heterocycles. The molecule has 0 aliphatic heterocycles. The van der Waals surface area contributed by atoms with Gasteiger partial charge in [0.1, 0.15) is 11.5 Å². The first kappa shape index (κ1) is 10.8. The highest BCUT2D eigenvalue weighted by molar-refractivity contribution is 9.10. The molecule has 0 saturated heterocycles. The third kappa shape index (κ3) is 2.67. The van der Waals surface area contributed by atoms with Crippen LogP contribution < -0.4 is 16.2 Å². The maximum absolute atomic E-state index is 5.67. The lowest BCUT2D eigenvalue weighted by Crippen LogP contribution is -1.92. The summed E-state index contributed by atoms with van der Waals surface area (Å²) >= 11 is 3.36. The molecule has 4 heteroatoms. The van der Waals surface area contributed by atoms with Gasteiger partial charge in [-0.3, -0.25) is 0 Å². The Hall–Kier alpha value is -1.68. The van der Waals surface area contributed by atoms with Gasteiger partial charge in [-0.05, 0) is 30.3 Å². The second-order valence-electron chi connectivity index (χ2n) is 3.39. The lowest BCUT2D eigenvalue weighted by atomic mass is 10.2. The quantitative estimate of drug-likeness (QED) is 0.828. The van der Waals surface area contributed by atoms with Crippen LogP contribution in [0.5, 0.6) is 11.5 Å². The average molecular weight is 279 g/mol. The Morgan fingerprint density at radius 3 is 1.94 bits per heavy atom. The van der Waals surface area contributed by atoms with Crippen molar-refractivity contribution in [1.82, 2.24) is 0 Å². The molecule has 82 valence electrons.